The van der Waals surface area contributed by atoms with Crippen LogP contribution in [0.4, 0.5) is 17.1 Å². The van der Waals surface area contributed by atoms with E-state index in [1.165, 1.54) is 32.7 Å². The van der Waals surface area contributed by atoms with Crippen molar-refractivity contribution in [2.75, 3.05) is 4.90 Å². The Bertz CT molecular complexity index is 2160. The maximum atomic E-state index is 6.32. The summed E-state index contributed by atoms with van der Waals surface area (Å²) in [6, 6.07) is 53.8. The molecular weight excluding hydrogens is 486 g/mol. The standard InChI is InChI=1S/C38H25NO/c1-2-10-26(11-3-1)27-18-20-29(21-19-27)39(30-22-23-35-34-16-8-9-17-37(34)40-38(35)25-30)36-24-28-12-4-5-13-31(28)32-14-6-7-15-33(32)36/h1-25H. The van der Waals surface area contributed by atoms with Crippen LogP contribution in [-0.4, -0.2) is 0 Å². The molecule has 0 unspecified atom stereocenters. The normalized spacial score (nSPS) is 11.5. The fourth-order valence-corrected chi connectivity index (χ4v) is 5.93. The summed E-state index contributed by atoms with van der Waals surface area (Å²) >= 11 is 0. The predicted octanol–water partition coefficient (Wildman–Crippen LogP) is 11.0. The molecular formula is C38H25NO. The number of furan rings is 1. The Hall–Kier alpha value is -5.34. The van der Waals surface area contributed by atoms with Crippen molar-refractivity contribution in [2.45, 2.75) is 0 Å². The molecule has 7 aromatic carbocycles. The number of hydrogen-bond acceptors (Lipinski definition) is 2. The van der Waals surface area contributed by atoms with Crippen LogP contribution in [-0.2, 0) is 0 Å². The average molecular weight is 512 g/mol. The summed E-state index contributed by atoms with van der Waals surface area (Å²) in [5.41, 5.74) is 7.48. The Kier molecular flexibility index (Phi) is 5.17. The minimum Gasteiger partial charge on any atom is -0.456 e. The number of rotatable bonds is 4. The summed E-state index contributed by atoms with van der Waals surface area (Å²) in [7, 11) is 0. The highest BCUT2D eigenvalue weighted by atomic mass is 16.3. The molecule has 0 radical (unpaired) electrons. The van der Waals surface area contributed by atoms with Crippen molar-refractivity contribution in [2.24, 2.45) is 0 Å². The van der Waals surface area contributed by atoms with E-state index in [-0.39, 0.29) is 0 Å². The highest BCUT2D eigenvalue weighted by Crippen LogP contribution is 2.43. The first-order valence-corrected chi connectivity index (χ1v) is 13.6. The van der Waals surface area contributed by atoms with Gasteiger partial charge in [0, 0.05) is 33.6 Å². The minimum atomic E-state index is 0.884. The van der Waals surface area contributed by atoms with Crippen LogP contribution in [0.25, 0.3) is 54.6 Å². The van der Waals surface area contributed by atoms with E-state index < -0.39 is 0 Å². The van der Waals surface area contributed by atoms with E-state index in [1.54, 1.807) is 0 Å². The van der Waals surface area contributed by atoms with Crippen LogP contribution in [0.5, 0.6) is 0 Å². The summed E-state index contributed by atoms with van der Waals surface area (Å²) < 4.78 is 6.32. The van der Waals surface area contributed by atoms with Gasteiger partial charge in [-0.25, -0.2) is 0 Å². The molecule has 0 fully saturated rings. The summed E-state index contributed by atoms with van der Waals surface area (Å²) in [6.07, 6.45) is 0. The molecule has 1 aromatic heterocycles. The van der Waals surface area contributed by atoms with E-state index in [0.717, 1.165) is 39.0 Å². The quantitative estimate of drug-likeness (QED) is 0.218. The molecule has 0 bridgehead atoms. The van der Waals surface area contributed by atoms with E-state index in [9.17, 15) is 0 Å². The fraction of sp³-hybridized carbons (Fsp3) is 0. The lowest BCUT2D eigenvalue weighted by Crippen LogP contribution is -2.10. The second kappa shape index (κ2) is 9.14. The zero-order valence-corrected chi connectivity index (χ0v) is 21.8. The van der Waals surface area contributed by atoms with Crippen molar-refractivity contribution in [3.63, 3.8) is 0 Å². The molecule has 0 aliphatic heterocycles. The zero-order chi connectivity index (χ0) is 26.5. The predicted molar refractivity (Wildman–Crippen MR) is 169 cm³/mol. The maximum absolute atomic E-state index is 6.32. The Balaban J connectivity index is 1.38. The van der Waals surface area contributed by atoms with Crippen LogP contribution >= 0.6 is 0 Å². The molecule has 1 heterocycles. The Morgan fingerprint density at radius 1 is 0.375 bits per heavy atom. The molecule has 0 saturated carbocycles. The van der Waals surface area contributed by atoms with E-state index >= 15 is 0 Å². The second-order valence-corrected chi connectivity index (χ2v) is 10.2. The Morgan fingerprint density at radius 2 is 0.975 bits per heavy atom. The lowest BCUT2D eigenvalue weighted by Gasteiger charge is -2.27. The Labute approximate surface area is 232 Å². The molecule has 0 amide bonds. The van der Waals surface area contributed by atoms with Gasteiger partial charge in [0.15, 0.2) is 0 Å². The van der Waals surface area contributed by atoms with Crippen molar-refractivity contribution in [1.29, 1.82) is 0 Å². The van der Waals surface area contributed by atoms with E-state index in [0.29, 0.717) is 0 Å². The molecule has 188 valence electrons. The highest BCUT2D eigenvalue weighted by Gasteiger charge is 2.19. The largest absolute Gasteiger partial charge is 0.456 e. The van der Waals surface area contributed by atoms with Crippen molar-refractivity contribution in [3.8, 4) is 11.1 Å². The first-order valence-electron chi connectivity index (χ1n) is 13.6. The number of benzene rings is 7. The summed E-state index contributed by atoms with van der Waals surface area (Å²) in [4.78, 5) is 2.36. The van der Waals surface area contributed by atoms with Crippen molar-refractivity contribution >= 4 is 60.5 Å². The van der Waals surface area contributed by atoms with E-state index in [1.807, 2.05) is 12.1 Å². The monoisotopic (exact) mass is 511 g/mol. The molecule has 0 saturated heterocycles. The smallest absolute Gasteiger partial charge is 0.137 e. The van der Waals surface area contributed by atoms with Crippen LogP contribution in [0.1, 0.15) is 0 Å². The summed E-state index contributed by atoms with van der Waals surface area (Å²) in [5.74, 6) is 0. The van der Waals surface area contributed by atoms with Gasteiger partial charge < -0.3 is 9.32 Å². The topological polar surface area (TPSA) is 16.4 Å². The van der Waals surface area contributed by atoms with Gasteiger partial charge in [0.25, 0.3) is 0 Å². The minimum absolute atomic E-state index is 0.884. The molecule has 0 aliphatic rings. The fourth-order valence-electron chi connectivity index (χ4n) is 5.93. The van der Waals surface area contributed by atoms with Crippen molar-refractivity contribution < 1.29 is 4.42 Å². The van der Waals surface area contributed by atoms with Crippen molar-refractivity contribution in [3.05, 3.63) is 152 Å². The molecule has 8 aromatic rings. The summed E-state index contributed by atoms with van der Waals surface area (Å²) in [6.45, 7) is 0. The molecule has 2 heteroatoms. The number of hydrogen-bond donors (Lipinski definition) is 0. The van der Waals surface area contributed by atoms with Crippen LogP contribution < -0.4 is 4.90 Å². The van der Waals surface area contributed by atoms with Crippen LogP contribution in [0, 0.1) is 0 Å². The third kappa shape index (κ3) is 3.65. The molecule has 0 aliphatic carbocycles. The van der Waals surface area contributed by atoms with Gasteiger partial charge >= 0.3 is 0 Å². The Morgan fingerprint density at radius 3 is 1.80 bits per heavy atom. The van der Waals surface area contributed by atoms with Gasteiger partial charge in [-0.05, 0) is 63.7 Å². The first-order chi connectivity index (χ1) is 19.8. The molecule has 0 spiro atoms. The highest BCUT2D eigenvalue weighted by molar-refractivity contribution is 6.15. The number of para-hydroxylation sites is 1. The van der Waals surface area contributed by atoms with Crippen LogP contribution in [0.2, 0.25) is 0 Å². The van der Waals surface area contributed by atoms with Gasteiger partial charge in [-0.2, -0.15) is 0 Å². The van der Waals surface area contributed by atoms with Gasteiger partial charge in [0.05, 0.1) is 5.69 Å². The third-order valence-corrected chi connectivity index (χ3v) is 7.84. The van der Waals surface area contributed by atoms with Crippen LogP contribution in [0.3, 0.4) is 0 Å². The van der Waals surface area contributed by atoms with Crippen LogP contribution in [0.15, 0.2) is 156 Å². The molecule has 2 nitrogen and oxygen atoms in total. The van der Waals surface area contributed by atoms with Gasteiger partial charge in [-0.3, -0.25) is 0 Å². The molecule has 40 heavy (non-hydrogen) atoms. The van der Waals surface area contributed by atoms with E-state index in [4.69, 9.17) is 4.42 Å². The third-order valence-electron chi connectivity index (χ3n) is 7.84. The van der Waals surface area contributed by atoms with Gasteiger partial charge in [-0.15, -0.1) is 0 Å². The lowest BCUT2D eigenvalue weighted by molar-refractivity contribution is 0.669. The second-order valence-electron chi connectivity index (χ2n) is 10.2. The number of fused-ring (bicyclic) bond motifs is 6. The number of anilines is 3. The average Bonchev–Trinajstić information content (AvgIpc) is 3.40. The van der Waals surface area contributed by atoms with Crippen molar-refractivity contribution in [1.82, 2.24) is 0 Å². The molecule has 0 atom stereocenters. The zero-order valence-electron chi connectivity index (χ0n) is 21.8. The first kappa shape index (κ1) is 22.6. The van der Waals surface area contributed by atoms with E-state index in [2.05, 4.69) is 144 Å². The maximum Gasteiger partial charge on any atom is 0.137 e. The van der Waals surface area contributed by atoms with Gasteiger partial charge in [-0.1, -0.05) is 109 Å². The SMILES string of the molecule is c1ccc(-c2ccc(N(c3ccc4c(c3)oc3ccccc34)c3cc4ccccc4c4ccccc34)cc2)cc1. The van der Waals surface area contributed by atoms with Gasteiger partial charge in [0.1, 0.15) is 11.2 Å². The number of nitrogens with zero attached hydrogens (tertiary/aromatic N) is 1. The van der Waals surface area contributed by atoms with Gasteiger partial charge in [0.2, 0.25) is 0 Å². The lowest BCUT2D eigenvalue weighted by atomic mass is 9.98. The summed E-state index contributed by atoms with van der Waals surface area (Å²) in [5, 5.41) is 7.19. The molecule has 8 rings (SSSR count). The molecule has 0 N–H and O–H groups in total.